The van der Waals surface area contributed by atoms with Crippen molar-refractivity contribution in [2.24, 2.45) is 0 Å². The number of anilines is 1. The number of carbonyl (C=O) groups excluding carboxylic acids is 1. The number of amides is 1. The molecule has 0 aromatic carbocycles. The number of aromatic nitrogens is 3. The summed E-state index contributed by atoms with van der Waals surface area (Å²) in [6, 6.07) is 2.74. The molecule has 0 radical (unpaired) electrons. The van der Waals surface area contributed by atoms with Crippen molar-refractivity contribution in [3.63, 3.8) is 0 Å². The predicted molar refractivity (Wildman–Crippen MR) is 75.8 cm³/mol. The highest BCUT2D eigenvalue weighted by Gasteiger charge is 2.14. The van der Waals surface area contributed by atoms with Crippen LogP contribution in [0.15, 0.2) is 18.3 Å². The Bertz CT molecular complexity index is 666. The van der Waals surface area contributed by atoms with Crippen molar-refractivity contribution in [2.45, 2.75) is 0 Å². The molecule has 0 saturated heterocycles. The van der Waals surface area contributed by atoms with E-state index in [1.807, 2.05) is 0 Å². The summed E-state index contributed by atoms with van der Waals surface area (Å²) in [4.78, 5) is 23.6. The van der Waals surface area contributed by atoms with E-state index in [1.165, 1.54) is 25.4 Å². The number of ether oxygens (including phenoxy) is 1. The summed E-state index contributed by atoms with van der Waals surface area (Å²) in [5, 5.41) is 2.87. The summed E-state index contributed by atoms with van der Waals surface area (Å²) in [5.41, 5.74) is 0.147. The van der Waals surface area contributed by atoms with E-state index in [2.05, 4.69) is 20.3 Å². The molecule has 2 aromatic heterocycles. The molecular formula is C11H7Cl3N4O2. The average Bonchev–Trinajstić information content (AvgIpc) is 2.40. The largest absolute Gasteiger partial charge is 0.481 e. The number of methoxy groups -OCH3 is 1. The van der Waals surface area contributed by atoms with E-state index in [1.54, 1.807) is 0 Å². The fourth-order valence-corrected chi connectivity index (χ4v) is 1.83. The van der Waals surface area contributed by atoms with Crippen LogP contribution in [0, 0.1) is 0 Å². The molecule has 2 aromatic rings. The van der Waals surface area contributed by atoms with Crippen molar-refractivity contribution in [1.29, 1.82) is 0 Å². The van der Waals surface area contributed by atoms with Gasteiger partial charge in [0.05, 0.1) is 17.7 Å². The highest BCUT2D eigenvalue weighted by molar-refractivity contribution is 6.35. The maximum Gasteiger partial charge on any atom is 0.259 e. The molecule has 6 nitrogen and oxygen atoms in total. The van der Waals surface area contributed by atoms with Crippen LogP contribution in [0.5, 0.6) is 5.88 Å². The van der Waals surface area contributed by atoms with E-state index in [0.717, 1.165) is 0 Å². The van der Waals surface area contributed by atoms with Gasteiger partial charge in [-0.05, 0) is 6.07 Å². The van der Waals surface area contributed by atoms with Gasteiger partial charge < -0.3 is 4.74 Å². The number of hydrogen-bond donors (Lipinski definition) is 1. The first-order valence-corrected chi connectivity index (χ1v) is 6.34. The van der Waals surface area contributed by atoms with Crippen molar-refractivity contribution >= 4 is 46.7 Å². The molecule has 9 heteroatoms. The Balaban J connectivity index is 2.27. The highest BCUT2D eigenvalue weighted by Crippen LogP contribution is 2.20. The van der Waals surface area contributed by atoms with Crippen LogP contribution in [-0.4, -0.2) is 28.0 Å². The molecule has 0 saturated carbocycles. The molecule has 1 N–H and O–H groups in total. The number of carbonyl (C=O) groups is 1. The zero-order valence-corrected chi connectivity index (χ0v) is 12.3. The zero-order valence-electron chi connectivity index (χ0n) is 10.0. The number of hydrogen-bond acceptors (Lipinski definition) is 5. The van der Waals surface area contributed by atoms with Gasteiger partial charge in [-0.25, -0.2) is 9.97 Å². The molecule has 0 fully saturated rings. The molecule has 0 unspecified atom stereocenters. The molecule has 0 spiro atoms. The number of nitrogens with one attached hydrogen (secondary N) is 1. The van der Waals surface area contributed by atoms with Crippen LogP contribution in [-0.2, 0) is 0 Å². The van der Waals surface area contributed by atoms with Gasteiger partial charge in [0.1, 0.15) is 10.3 Å². The van der Waals surface area contributed by atoms with Crippen LogP contribution < -0.4 is 10.1 Å². The normalized spacial score (nSPS) is 10.2. The Hall–Kier alpha value is -1.63. The van der Waals surface area contributed by atoms with Crippen LogP contribution in [0.3, 0.4) is 0 Å². The quantitative estimate of drug-likeness (QED) is 0.690. The molecule has 2 rings (SSSR count). The number of halogens is 3. The molecule has 2 heterocycles. The third kappa shape index (κ3) is 3.47. The maximum absolute atomic E-state index is 12.1. The Kier molecular flexibility index (Phi) is 4.59. The van der Waals surface area contributed by atoms with E-state index in [0.29, 0.717) is 0 Å². The summed E-state index contributed by atoms with van der Waals surface area (Å²) in [7, 11) is 1.42. The van der Waals surface area contributed by atoms with Gasteiger partial charge >= 0.3 is 0 Å². The van der Waals surface area contributed by atoms with Gasteiger partial charge in [-0.15, -0.1) is 0 Å². The standard InChI is InChI=1S/C11H7Cl3N4O2/c1-20-9-3-8(14)16-11(17-9)18-10(19)5-2-7(13)15-4-6(5)12/h2-4H,1H3,(H,16,17,18,19). The SMILES string of the molecule is COc1cc(Cl)nc(NC(=O)c2cc(Cl)ncc2Cl)n1. The van der Waals surface area contributed by atoms with Gasteiger partial charge in [-0.1, -0.05) is 34.8 Å². The van der Waals surface area contributed by atoms with E-state index in [9.17, 15) is 4.79 Å². The topological polar surface area (TPSA) is 77.0 Å². The molecule has 104 valence electrons. The lowest BCUT2D eigenvalue weighted by atomic mass is 10.2. The number of rotatable bonds is 3. The zero-order chi connectivity index (χ0) is 14.7. The summed E-state index contributed by atoms with van der Waals surface area (Å²) in [6.45, 7) is 0. The summed E-state index contributed by atoms with van der Waals surface area (Å²) >= 11 is 17.4. The molecule has 0 aliphatic heterocycles. The lowest BCUT2D eigenvalue weighted by Crippen LogP contribution is -2.15. The summed E-state index contributed by atoms with van der Waals surface area (Å²) in [6.07, 6.45) is 1.28. The van der Waals surface area contributed by atoms with Gasteiger partial charge in [0.15, 0.2) is 0 Å². The van der Waals surface area contributed by atoms with Crippen molar-refractivity contribution < 1.29 is 9.53 Å². The van der Waals surface area contributed by atoms with Gasteiger partial charge in [-0.3, -0.25) is 10.1 Å². The van der Waals surface area contributed by atoms with Gasteiger partial charge in [0, 0.05) is 12.3 Å². The molecular weight excluding hydrogens is 327 g/mol. The van der Waals surface area contributed by atoms with E-state index in [4.69, 9.17) is 39.5 Å². The molecule has 0 aliphatic carbocycles. The smallest absolute Gasteiger partial charge is 0.259 e. The van der Waals surface area contributed by atoms with Crippen LogP contribution in [0.25, 0.3) is 0 Å². The summed E-state index contributed by atoms with van der Waals surface area (Å²) < 4.78 is 4.92. The van der Waals surface area contributed by atoms with E-state index in [-0.39, 0.29) is 32.7 Å². The van der Waals surface area contributed by atoms with Crippen LogP contribution in [0.4, 0.5) is 5.95 Å². The van der Waals surface area contributed by atoms with Crippen LogP contribution in [0.2, 0.25) is 15.3 Å². The van der Waals surface area contributed by atoms with Gasteiger partial charge in [0.2, 0.25) is 11.8 Å². The lowest BCUT2D eigenvalue weighted by Gasteiger charge is -2.07. The molecule has 20 heavy (non-hydrogen) atoms. The van der Waals surface area contributed by atoms with Crippen molar-refractivity contribution in [1.82, 2.24) is 15.0 Å². The summed E-state index contributed by atoms with van der Waals surface area (Å²) in [5.74, 6) is -0.328. The van der Waals surface area contributed by atoms with E-state index >= 15 is 0 Å². The minimum atomic E-state index is -0.538. The Morgan fingerprint density at radius 3 is 2.65 bits per heavy atom. The predicted octanol–water partition coefficient (Wildman–Crippen LogP) is 3.09. The minimum Gasteiger partial charge on any atom is -0.481 e. The fraction of sp³-hybridized carbons (Fsp3) is 0.0909. The monoisotopic (exact) mass is 332 g/mol. The van der Waals surface area contributed by atoms with Crippen molar-refractivity contribution in [3.05, 3.63) is 39.2 Å². The van der Waals surface area contributed by atoms with E-state index < -0.39 is 5.91 Å². The fourth-order valence-electron chi connectivity index (χ4n) is 1.31. The molecule has 0 aliphatic rings. The highest BCUT2D eigenvalue weighted by atomic mass is 35.5. The molecule has 0 atom stereocenters. The third-order valence-electron chi connectivity index (χ3n) is 2.17. The second-order valence-electron chi connectivity index (χ2n) is 3.50. The number of nitrogens with zero attached hydrogens (tertiary/aromatic N) is 3. The van der Waals surface area contributed by atoms with Crippen molar-refractivity contribution in [2.75, 3.05) is 12.4 Å². The first kappa shape index (κ1) is 14.8. The Labute approximate surface area is 129 Å². The molecule has 0 bridgehead atoms. The van der Waals surface area contributed by atoms with Gasteiger partial charge in [0.25, 0.3) is 5.91 Å². The van der Waals surface area contributed by atoms with Gasteiger partial charge in [-0.2, -0.15) is 4.98 Å². The maximum atomic E-state index is 12.1. The first-order valence-electron chi connectivity index (χ1n) is 5.20. The second kappa shape index (κ2) is 6.21. The van der Waals surface area contributed by atoms with Crippen LogP contribution >= 0.6 is 34.8 Å². The number of pyridine rings is 1. The minimum absolute atomic E-state index is 0.0108. The first-order chi connectivity index (χ1) is 9.49. The lowest BCUT2D eigenvalue weighted by molar-refractivity contribution is 0.102. The second-order valence-corrected chi connectivity index (χ2v) is 4.68. The van der Waals surface area contributed by atoms with Crippen LogP contribution in [0.1, 0.15) is 10.4 Å². The molecule has 1 amide bonds. The van der Waals surface area contributed by atoms with Crippen molar-refractivity contribution in [3.8, 4) is 5.88 Å². The Morgan fingerprint density at radius 1 is 1.20 bits per heavy atom. The average molecular weight is 334 g/mol. The third-order valence-corrected chi connectivity index (χ3v) is 2.87. The Morgan fingerprint density at radius 2 is 1.95 bits per heavy atom.